The molecule has 7 heteroatoms. The van der Waals surface area contributed by atoms with Gasteiger partial charge in [-0.15, -0.1) is 0 Å². The predicted octanol–water partition coefficient (Wildman–Crippen LogP) is 3.47. The Kier molecular flexibility index (Phi) is 13.5. The van der Waals surface area contributed by atoms with E-state index in [0.29, 0.717) is 6.42 Å². The zero-order valence-electron chi connectivity index (χ0n) is 19.7. The molecule has 0 aromatic heterocycles. The third-order valence-corrected chi connectivity index (χ3v) is 5.03. The molecule has 0 spiro atoms. The summed E-state index contributed by atoms with van der Waals surface area (Å²) in [7, 11) is 8.00. The summed E-state index contributed by atoms with van der Waals surface area (Å²) < 4.78 is 11.8. The number of aliphatic hydroxyl groups is 2. The molecule has 1 fully saturated rings. The standard InChI is InChI=1S/C10H20O2.C6H14O2.C4H8O.B2/c1-7-10(6)11-8(2,3)9(4,5)12-10;1-5(2,7)6(3,4)8;1-3-4(2)5;1-2/h7H2,1-6H3;7-8H,1-4H3;3H2,1-2H3;. The van der Waals surface area contributed by atoms with Crippen molar-refractivity contribution in [1.82, 2.24) is 0 Å². The van der Waals surface area contributed by atoms with Crippen LogP contribution in [0.25, 0.3) is 0 Å². The summed E-state index contributed by atoms with van der Waals surface area (Å²) >= 11 is 0. The minimum atomic E-state index is -1.01. The Morgan fingerprint density at radius 1 is 0.852 bits per heavy atom. The van der Waals surface area contributed by atoms with Crippen LogP contribution >= 0.6 is 0 Å². The minimum Gasteiger partial charge on any atom is -0.387 e. The molecule has 2 N–H and O–H groups in total. The molecule has 1 rings (SSSR count). The van der Waals surface area contributed by atoms with Crippen molar-refractivity contribution in [2.45, 2.75) is 124 Å². The van der Waals surface area contributed by atoms with Gasteiger partial charge in [0, 0.05) is 21.9 Å². The SMILES string of the molecule is CC(C)(O)C(C)(C)O.CCC(C)=O.CCC1(C)OC(C)(C)C(C)(C)O1.[B][B]. The van der Waals surface area contributed by atoms with Gasteiger partial charge in [0.25, 0.3) is 0 Å². The fraction of sp³-hybridized carbons (Fsp3) is 0.950. The molecule has 1 aliphatic heterocycles. The molecule has 0 aromatic carbocycles. The molecular formula is C20H42B2O5. The Morgan fingerprint density at radius 3 is 1.15 bits per heavy atom. The number of Topliss-reactive ketones (excluding diaryl/α,β-unsaturated/α-hetero) is 1. The number of carbonyl (C=O) groups is 1. The van der Waals surface area contributed by atoms with Crippen LogP contribution < -0.4 is 0 Å². The van der Waals surface area contributed by atoms with E-state index in [1.165, 1.54) is 0 Å². The highest BCUT2D eigenvalue weighted by Gasteiger charge is 2.53. The number of carbonyl (C=O) groups excluding carboxylic acids is 1. The molecular weight excluding hydrogens is 342 g/mol. The molecule has 4 radical (unpaired) electrons. The van der Waals surface area contributed by atoms with E-state index in [4.69, 9.17) is 19.7 Å². The lowest BCUT2D eigenvalue weighted by Gasteiger charge is -2.31. The van der Waals surface area contributed by atoms with Gasteiger partial charge in [0.1, 0.15) is 5.78 Å². The van der Waals surface area contributed by atoms with Crippen molar-refractivity contribution in [2.24, 2.45) is 0 Å². The smallest absolute Gasteiger partial charge is 0.166 e. The van der Waals surface area contributed by atoms with Crippen LogP contribution in [0.1, 0.15) is 95.9 Å². The van der Waals surface area contributed by atoms with Crippen LogP contribution in [-0.4, -0.2) is 59.7 Å². The highest BCUT2D eigenvalue weighted by Crippen LogP contribution is 2.44. The fourth-order valence-electron chi connectivity index (χ4n) is 1.49. The first-order chi connectivity index (χ1) is 11.7. The Morgan fingerprint density at radius 2 is 1.07 bits per heavy atom. The maximum atomic E-state index is 9.81. The number of hydrogen-bond donors (Lipinski definition) is 2. The first kappa shape index (κ1) is 31.3. The van der Waals surface area contributed by atoms with E-state index in [1.54, 1.807) is 34.6 Å². The molecule has 158 valence electrons. The van der Waals surface area contributed by atoms with Gasteiger partial charge in [0.2, 0.25) is 0 Å². The molecule has 0 bridgehead atoms. The van der Waals surface area contributed by atoms with Gasteiger partial charge in [-0.2, -0.15) is 0 Å². The summed E-state index contributed by atoms with van der Waals surface area (Å²) in [5.41, 5.74) is -2.41. The maximum absolute atomic E-state index is 9.81. The van der Waals surface area contributed by atoms with Crippen molar-refractivity contribution < 1.29 is 24.5 Å². The summed E-state index contributed by atoms with van der Waals surface area (Å²) in [6.07, 6.45) is 1.56. The second-order valence-corrected chi connectivity index (χ2v) is 8.89. The number of ketones is 1. The fourth-order valence-corrected chi connectivity index (χ4v) is 1.49. The van der Waals surface area contributed by atoms with Crippen molar-refractivity contribution in [1.29, 1.82) is 0 Å². The molecule has 0 aromatic rings. The van der Waals surface area contributed by atoms with Gasteiger partial charge in [-0.1, -0.05) is 13.8 Å². The summed E-state index contributed by atoms with van der Waals surface area (Å²) in [6.45, 7) is 22.1. The largest absolute Gasteiger partial charge is 0.387 e. The van der Waals surface area contributed by atoms with Gasteiger partial charge in [-0.3, -0.25) is 0 Å². The second-order valence-electron chi connectivity index (χ2n) is 8.89. The molecule has 0 saturated carbocycles. The molecule has 1 aliphatic rings. The highest BCUT2D eigenvalue weighted by molar-refractivity contribution is 6.75. The monoisotopic (exact) mass is 384 g/mol. The van der Waals surface area contributed by atoms with Gasteiger partial charge < -0.3 is 24.5 Å². The molecule has 1 saturated heterocycles. The number of rotatable bonds is 3. The zero-order chi connectivity index (χ0) is 22.9. The third kappa shape index (κ3) is 11.9. The summed E-state index contributed by atoms with van der Waals surface area (Å²) in [4.78, 5) is 9.81. The van der Waals surface area contributed by atoms with Crippen molar-refractivity contribution in [3.63, 3.8) is 0 Å². The summed E-state index contributed by atoms with van der Waals surface area (Å²) in [6, 6.07) is 0. The average molecular weight is 384 g/mol. The van der Waals surface area contributed by atoms with E-state index in [1.807, 2.05) is 13.8 Å². The minimum absolute atomic E-state index is 0.197. The molecule has 0 aliphatic carbocycles. The van der Waals surface area contributed by atoms with Crippen LogP contribution in [0, 0.1) is 0 Å². The van der Waals surface area contributed by atoms with Crippen LogP contribution in [0.2, 0.25) is 0 Å². The van der Waals surface area contributed by atoms with Crippen LogP contribution in [0.5, 0.6) is 0 Å². The Balaban J connectivity index is -0.000000334. The van der Waals surface area contributed by atoms with E-state index in [-0.39, 0.29) is 17.0 Å². The lowest BCUT2D eigenvalue weighted by atomic mass is 9.81. The lowest BCUT2D eigenvalue weighted by molar-refractivity contribution is -0.179. The molecule has 0 unspecified atom stereocenters. The van der Waals surface area contributed by atoms with Gasteiger partial charge >= 0.3 is 0 Å². The van der Waals surface area contributed by atoms with E-state index < -0.39 is 17.0 Å². The molecule has 5 nitrogen and oxygen atoms in total. The Hall–Kier alpha value is -0.360. The molecule has 1 heterocycles. The first-order valence-corrected chi connectivity index (χ1v) is 9.42. The van der Waals surface area contributed by atoms with Crippen LogP contribution in [0.4, 0.5) is 0 Å². The van der Waals surface area contributed by atoms with Crippen molar-refractivity contribution >= 4 is 21.3 Å². The van der Waals surface area contributed by atoms with Crippen molar-refractivity contribution in [2.75, 3.05) is 0 Å². The molecule has 27 heavy (non-hydrogen) atoms. The van der Waals surface area contributed by atoms with Gasteiger partial charge in [-0.25, -0.2) is 0 Å². The van der Waals surface area contributed by atoms with E-state index >= 15 is 0 Å². The average Bonchev–Trinajstić information content (AvgIpc) is 2.64. The van der Waals surface area contributed by atoms with Crippen LogP contribution in [0.3, 0.4) is 0 Å². The number of ether oxygens (including phenoxy) is 2. The Bertz CT molecular complexity index is 393. The summed E-state index contributed by atoms with van der Waals surface area (Å²) in [5.74, 6) is -0.141. The highest BCUT2D eigenvalue weighted by atomic mass is 16.8. The van der Waals surface area contributed by atoms with Gasteiger partial charge in [0.15, 0.2) is 5.79 Å². The van der Waals surface area contributed by atoms with Crippen LogP contribution in [-0.2, 0) is 14.3 Å². The first-order valence-electron chi connectivity index (χ1n) is 9.42. The van der Waals surface area contributed by atoms with Crippen LogP contribution in [0.15, 0.2) is 0 Å². The third-order valence-electron chi connectivity index (χ3n) is 5.03. The summed E-state index contributed by atoms with van der Waals surface area (Å²) in [5, 5.41) is 18.2. The predicted molar refractivity (Wildman–Crippen MR) is 114 cm³/mol. The molecule has 0 amide bonds. The Labute approximate surface area is 170 Å². The lowest BCUT2D eigenvalue weighted by Crippen LogP contribution is -2.44. The quantitative estimate of drug-likeness (QED) is 0.729. The van der Waals surface area contributed by atoms with E-state index in [2.05, 4.69) is 50.1 Å². The zero-order valence-corrected chi connectivity index (χ0v) is 19.7. The second kappa shape index (κ2) is 11.6. The maximum Gasteiger partial charge on any atom is 0.166 e. The van der Waals surface area contributed by atoms with Gasteiger partial charge in [0.05, 0.1) is 22.4 Å². The topological polar surface area (TPSA) is 76.0 Å². The normalized spacial score (nSPS) is 19.3. The van der Waals surface area contributed by atoms with Gasteiger partial charge in [-0.05, 0) is 75.7 Å². The van der Waals surface area contributed by atoms with E-state index in [0.717, 1.165) is 6.42 Å². The van der Waals surface area contributed by atoms with Crippen molar-refractivity contribution in [3.8, 4) is 0 Å². The molecule has 0 atom stereocenters. The number of hydrogen-bond acceptors (Lipinski definition) is 5. The van der Waals surface area contributed by atoms with E-state index in [9.17, 15) is 4.79 Å². The van der Waals surface area contributed by atoms with Crippen molar-refractivity contribution in [3.05, 3.63) is 0 Å².